The molecule has 0 aromatic rings. The van der Waals surface area contributed by atoms with Gasteiger partial charge in [-0.1, -0.05) is 48.0 Å². The normalized spacial score (nSPS) is 17.5. The molecule has 0 amide bonds. The highest BCUT2D eigenvalue weighted by atomic mass is 16.4. The number of hydrogen-bond donors (Lipinski definition) is 2. The van der Waals surface area contributed by atoms with Crippen molar-refractivity contribution in [1.29, 1.82) is 0 Å². The van der Waals surface area contributed by atoms with Crippen molar-refractivity contribution >= 4 is 11.9 Å². The molecule has 0 spiro atoms. The van der Waals surface area contributed by atoms with E-state index >= 15 is 0 Å². The van der Waals surface area contributed by atoms with E-state index in [4.69, 9.17) is 10.2 Å². The summed E-state index contributed by atoms with van der Waals surface area (Å²) >= 11 is 0. The zero-order valence-electron chi connectivity index (χ0n) is 15.1. The fourth-order valence-corrected chi connectivity index (χ4v) is 3.22. The molecule has 0 aliphatic carbocycles. The lowest BCUT2D eigenvalue weighted by Gasteiger charge is -2.31. The van der Waals surface area contributed by atoms with Gasteiger partial charge in [-0.25, -0.2) is 0 Å². The molecular weight excluding hydrogens is 280 g/mol. The first-order valence-corrected chi connectivity index (χ1v) is 8.39. The molecule has 22 heavy (non-hydrogen) atoms. The van der Waals surface area contributed by atoms with Crippen molar-refractivity contribution in [1.82, 2.24) is 0 Å². The Bertz CT molecular complexity index is 362. The summed E-state index contributed by atoms with van der Waals surface area (Å²) in [5.74, 6) is -0.890. The van der Waals surface area contributed by atoms with Gasteiger partial charge in [-0.05, 0) is 42.4 Å². The van der Waals surface area contributed by atoms with Crippen molar-refractivity contribution in [2.45, 2.75) is 73.6 Å². The van der Waals surface area contributed by atoms with Crippen molar-refractivity contribution in [3.05, 3.63) is 0 Å². The van der Waals surface area contributed by atoms with Gasteiger partial charge in [0.15, 0.2) is 0 Å². The first-order valence-electron chi connectivity index (χ1n) is 8.39. The van der Waals surface area contributed by atoms with Gasteiger partial charge in [0.25, 0.3) is 0 Å². The number of aliphatic carboxylic acids is 2. The van der Waals surface area contributed by atoms with E-state index in [1.807, 2.05) is 13.8 Å². The predicted octanol–water partition coefficient (Wildman–Crippen LogP) is 4.68. The lowest BCUT2D eigenvalue weighted by atomic mass is 9.74. The van der Waals surface area contributed by atoms with E-state index in [0.29, 0.717) is 5.92 Å². The van der Waals surface area contributed by atoms with Gasteiger partial charge in [0.05, 0.1) is 5.92 Å². The molecule has 4 unspecified atom stereocenters. The van der Waals surface area contributed by atoms with Crippen LogP contribution in [0.5, 0.6) is 0 Å². The third-order valence-electron chi connectivity index (χ3n) is 4.76. The van der Waals surface area contributed by atoms with E-state index in [-0.39, 0.29) is 29.6 Å². The number of carboxylic acids is 2. The molecule has 0 rings (SSSR count). The molecule has 2 N–H and O–H groups in total. The quantitative estimate of drug-likeness (QED) is 0.581. The first-order chi connectivity index (χ1) is 9.94. The van der Waals surface area contributed by atoms with Crippen molar-refractivity contribution in [3.8, 4) is 0 Å². The molecule has 0 aromatic carbocycles. The van der Waals surface area contributed by atoms with Gasteiger partial charge in [-0.2, -0.15) is 0 Å². The Morgan fingerprint density at radius 2 is 1.55 bits per heavy atom. The minimum absolute atomic E-state index is 0.118. The summed E-state index contributed by atoms with van der Waals surface area (Å²) in [7, 11) is 0. The third-order valence-corrected chi connectivity index (χ3v) is 4.76. The Kier molecular flexibility index (Phi) is 8.72. The average molecular weight is 314 g/mol. The van der Waals surface area contributed by atoms with E-state index in [9.17, 15) is 9.59 Å². The summed E-state index contributed by atoms with van der Waals surface area (Å²) < 4.78 is 0. The zero-order chi connectivity index (χ0) is 17.5. The fourth-order valence-electron chi connectivity index (χ4n) is 3.22. The van der Waals surface area contributed by atoms with Crippen LogP contribution in [0.15, 0.2) is 0 Å². The number of carbonyl (C=O) groups is 2. The largest absolute Gasteiger partial charge is 0.481 e. The fraction of sp³-hybridized carbons (Fsp3) is 0.889. The van der Waals surface area contributed by atoms with Gasteiger partial charge in [0.2, 0.25) is 0 Å². The average Bonchev–Trinajstić information content (AvgIpc) is 2.33. The van der Waals surface area contributed by atoms with Crippen molar-refractivity contribution in [2.24, 2.45) is 29.1 Å². The molecule has 0 aliphatic rings. The highest BCUT2D eigenvalue weighted by Gasteiger charge is 2.27. The molecule has 130 valence electrons. The van der Waals surface area contributed by atoms with Crippen molar-refractivity contribution in [2.75, 3.05) is 0 Å². The van der Waals surface area contributed by atoms with Gasteiger partial charge in [0, 0.05) is 6.42 Å². The summed E-state index contributed by atoms with van der Waals surface area (Å²) in [6.07, 6.45) is 4.18. The number of rotatable bonds is 11. The molecule has 0 bridgehead atoms. The maximum Gasteiger partial charge on any atom is 0.306 e. The Balaban J connectivity index is 4.25. The van der Waals surface area contributed by atoms with E-state index in [1.54, 1.807) is 6.92 Å². The van der Waals surface area contributed by atoms with Gasteiger partial charge in [-0.3, -0.25) is 9.59 Å². The molecule has 0 aromatic heterocycles. The van der Waals surface area contributed by atoms with Crippen LogP contribution in [0.3, 0.4) is 0 Å². The summed E-state index contributed by atoms with van der Waals surface area (Å²) in [5, 5.41) is 17.9. The van der Waals surface area contributed by atoms with Crippen LogP contribution < -0.4 is 0 Å². The van der Waals surface area contributed by atoms with Crippen LogP contribution in [0.4, 0.5) is 0 Å². The predicted molar refractivity (Wildman–Crippen MR) is 88.8 cm³/mol. The molecule has 0 heterocycles. The van der Waals surface area contributed by atoms with Gasteiger partial charge in [0.1, 0.15) is 0 Å². The number of hydrogen-bond acceptors (Lipinski definition) is 2. The second kappa shape index (κ2) is 9.16. The van der Waals surface area contributed by atoms with E-state index in [0.717, 1.165) is 25.7 Å². The van der Waals surface area contributed by atoms with Crippen LogP contribution in [0.1, 0.15) is 73.6 Å². The molecule has 4 heteroatoms. The smallest absolute Gasteiger partial charge is 0.306 e. The monoisotopic (exact) mass is 314 g/mol. The maximum atomic E-state index is 11.1. The highest BCUT2D eigenvalue weighted by molar-refractivity contribution is 5.69. The SMILES string of the molecule is CC(CCC(C)(C)CC(C)C(C)C(=O)O)CC(C)CC(=O)O. The second-order valence-corrected chi connectivity index (χ2v) is 8.06. The Morgan fingerprint density at radius 1 is 1.00 bits per heavy atom. The Labute approximate surface area is 135 Å². The lowest BCUT2D eigenvalue weighted by Crippen LogP contribution is -2.25. The van der Waals surface area contributed by atoms with Crippen LogP contribution in [-0.4, -0.2) is 22.2 Å². The summed E-state index contributed by atoms with van der Waals surface area (Å²) in [5.41, 5.74) is 0.118. The zero-order valence-corrected chi connectivity index (χ0v) is 15.1. The molecule has 0 saturated carbocycles. The minimum atomic E-state index is -0.725. The van der Waals surface area contributed by atoms with Gasteiger partial charge in [-0.15, -0.1) is 0 Å². The van der Waals surface area contributed by atoms with Crippen LogP contribution in [0.2, 0.25) is 0 Å². The standard InChI is InChI=1S/C18H34O4/c1-12(9-13(2)10-16(19)20)7-8-18(5,6)11-14(3)15(4)17(21)22/h12-15H,7-11H2,1-6H3,(H,19,20)(H,21,22). The van der Waals surface area contributed by atoms with Crippen LogP contribution in [0.25, 0.3) is 0 Å². The highest BCUT2D eigenvalue weighted by Crippen LogP contribution is 2.35. The Morgan fingerprint density at radius 3 is 2.00 bits per heavy atom. The van der Waals surface area contributed by atoms with Crippen LogP contribution in [0, 0.1) is 29.1 Å². The second-order valence-electron chi connectivity index (χ2n) is 8.06. The van der Waals surface area contributed by atoms with E-state index in [2.05, 4.69) is 20.8 Å². The molecule has 0 radical (unpaired) electrons. The summed E-state index contributed by atoms with van der Waals surface area (Å²) in [6.45, 7) is 12.4. The number of carboxylic acid groups (broad SMARTS) is 2. The molecular formula is C18H34O4. The molecule has 4 nitrogen and oxygen atoms in total. The molecule has 0 saturated heterocycles. The summed E-state index contributed by atoms with van der Waals surface area (Å²) in [6, 6.07) is 0. The molecule has 4 atom stereocenters. The Hall–Kier alpha value is -1.06. The maximum absolute atomic E-state index is 11.1. The summed E-state index contributed by atoms with van der Waals surface area (Å²) in [4.78, 5) is 21.8. The topological polar surface area (TPSA) is 74.6 Å². The van der Waals surface area contributed by atoms with Gasteiger partial charge < -0.3 is 10.2 Å². The lowest BCUT2D eigenvalue weighted by molar-refractivity contribution is -0.143. The van der Waals surface area contributed by atoms with E-state index in [1.165, 1.54) is 0 Å². The first kappa shape index (κ1) is 20.9. The van der Waals surface area contributed by atoms with Crippen LogP contribution >= 0.6 is 0 Å². The third kappa shape index (κ3) is 9.06. The molecule has 0 fully saturated rings. The van der Waals surface area contributed by atoms with Crippen molar-refractivity contribution in [3.63, 3.8) is 0 Å². The van der Waals surface area contributed by atoms with Crippen LogP contribution in [-0.2, 0) is 9.59 Å². The minimum Gasteiger partial charge on any atom is -0.481 e. The van der Waals surface area contributed by atoms with Gasteiger partial charge >= 0.3 is 11.9 Å². The van der Waals surface area contributed by atoms with Crippen molar-refractivity contribution < 1.29 is 19.8 Å². The van der Waals surface area contributed by atoms with E-state index < -0.39 is 11.9 Å². The molecule has 0 aliphatic heterocycles.